The second kappa shape index (κ2) is 4.44. The molecule has 2 rings (SSSR count). The Hall–Kier alpha value is -1.85. The Balaban J connectivity index is 2.39. The Morgan fingerprint density at radius 1 is 1.39 bits per heavy atom. The molecular weight excluding hydrogens is 228 g/mol. The second-order valence-electron chi connectivity index (χ2n) is 5.50. The molecule has 98 valence electrons. The Morgan fingerprint density at radius 2 is 2.11 bits per heavy atom. The van der Waals surface area contributed by atoms with E-state index in [-0.39, 0.29) is 11.4 Å². The summed E-state index contributed by atoms with van der Waals surface area (Å²) in [5, 5.41) is 3.42. The number of aromatic amines is 1. The van der Waals surface area contributed by atoms with E-state index in [0.29, 0.717) is 17.5 Å². The van der Waals surface area contributed by atoms with E-state index in [1.807, 2.05) is 0 Å². The maximum absolute atomic E-state index is 5.70. The van der Waals surface area contributed by atoms with E-state index in [9.17, 15) is 0 Å². The van der Waals surface area contributed by atoms with Gasteiger partial charge in [0.25, 0.3) is 0 Å². The maximum Gasteiger partial charge on any atom is 0.224 e. The molecule has 0 amide bonds. The van der Waals surface area contributed by atoms with Crippen LogP contribution in [0.15, 0.2) is 6.33 Å². The number of fused-ring (bicyclic) bond motifs is 1. The van der Waals surface area contributed by atoms with Crippen LogP contribution in [-0.4, -0.2) is 26.0 Å². The summed E-state index contributed by atoms with van der Waals surface area (Å²) >= 11 is 0. The molecule has 4 N–H and O–H groups in total. The number of rotatable bonds is 3. The number of nitrogens with one attached hydrogen (secondary N) is 2. The van der Waals surface area contributed by atoms with Crippen LogP contribution in [0.3, 0.4) is 0 Å². The van der Waals surface area contributed by atoms with Crippen LogP contribution in [-0.2, 0) is 0 Å². The quantitative estimate of drug-likeness (QED) is 0.774. The molecule has 0 aromatic carbocycles. The van der Waals surface area contributed by atoms with Gasteiger partial charge in [-0.1, -0.05) is 27.7 Å². The number of anilines is 2. The first-order valence-electron chi connectivity index (χ1n) is 6.15. The van der Waals surface area contributed by atoms with Gasteiger partial charge in [-0.3, -0.25) is 0 Å². The number of aromatic nitrogens is 4. The average molecular weight is 248 g/mol. The Labute approximate surface area is 106 Å². The Bertz CT molecular complexity index is 539. The van der Waals surface area contributed by atoms with E-state index in [1.54, 1.807) is 6.33 Å². The predicted molar refractivity (Wildman–Crippen MR) is 73.3 cm³/mol. The summed E-state index contributed by atoms with van der Waals surface area (Å²) < 4.78 is 0. The van der Waals surface area contributed by atoms with Crippen molar-refractivity contribution in [3.05, 3.63) is 6.33 Å². The minimum absolute atomic E-state index is 0.136. The van der Waals surface area contributed by atoms with Gasteiger partial charge in [0.15, 0.2) is 11.5 Å². The van der Waals surface area contributed by atoms with Crippen molar-refractivity contribution in [3.63, 3.8) is 0 Å². The molecule has 2 aromatic rings. The van der Waals surface area contributed by atoms with Gasteiger partial charge in [-0.15, -0.1) is 0 Å². The van der Waals surface area contributed by atoms with E-state index in [0.717, 1.165) is 11.9 Å². The summed E-state index contributed by atoms with van der Waals surface area (Å²) in [5.74, 6) is 0.943. The third-order valence-electron chi connectivity index (χ3n) is 3.06. The van der Waals surface area contributed by atoms with Gasteiger partial charge < -0.3 is 16.0 Å². The minimum Gasteiger partial charge on any atom is -0.368 e. The zero-order valence-electron chi connectivity index (χ0n) is 11.3. The zero-order valence-corrected chi connectivity index (χ0v) is 11.3. The summed E-state index contributed by atoms with van der Waals surface area (Å²) in [4.78, 5) is 15.5. The van der Waals surface area contributed by atoms with Crippen LogP contribution in [0.1, 0.15) is 34.1 Å². The molecule has 0 aliphatic carbocycles. The fraction of sp³-hybridized carbons (Fsp3) is 0.583. The lowest BCUT2D eigenvalue weighted by molar-refractivity contribution is 0.333. The molecule has 2 aromatic heterocycles. The SMILES string of the molecule is CCC(Nc1nc(N)nc2[nH]cnc12)C(C)(C)C. The second-order valence-corrected chi connectivity index (χ2v) is 5.50. The normalized spacial score (nSPS) is 13.8. The Morgan fingerprint density at radius 3 is 2.72 bits per heavy atom. The first-order valence-corrected chi connectivity index (χ1v) is 6.15. The van der Waals surface area contributed by atoms with Gasteiger partial charge >= 0.3 is 0 Å². The highest BCUT2D eigenvalue weighted by Gasteiger charge is 2.24. The number of imidazole rings is 1. The smallest absolute Gasteiger partial charge is 0.224 e. The monoisotopic (exact) mass is 248 g/mol. The standard InChI is InChI=1S/C12H20N6/c1-5-7(12(2,3)4)16-10-8-9(15-6-14-8)17-11(13)18-10/h6-7H,5H2,1-4H3,(H4,13,14,15,16,17,18). The number of nitrogen functional groups attached to an aromatic ring is 1. The van der Waals surface area contributed by atoms with Crippen molar-refractivity contribution in [2.45, 2.75) is 40.2 Å². The van der Waals surface area contributed by atoms with Gasteiger partial charge in [0.2, 0.25) is 5.95 Å². The van der Waals surface area contributed by atoms with Crippen molar-refractivity contribution in [2.24, 2.45) is 5.41 Å². The van der Waals surface area contributed by atoms with E-state index < -0.39 is 0 Å². The molecule has 0 saturated carbocycles. The lowest BCUT2D eigenvalue weighted by Crippen LogP contribution is -2.33. The first-order chi connectivity index (χ1) is 8.41. The molecule has 0 aliphatic rings. The fourth-order valence-electron chi connectivity index (χ4n) is 2.05. The number of hydrogen-bond donors (Lipinski definition) is 3. The molecule has 1 atom stereocenters. The van der Waals surface area contributed by atoms with Gasteiger partial charge in [-0.2, -0.15) is 9.97 Å². The fourth-order valence-corrected chi connectivity index (χ4v) is 2.05. The summed E-state index contributed by atoms with van der Waals surface area (Å²) in [6.45, 7) is 8.73. The van der Waals surface area contributed by atoms with Gasteiger partial charge in [-0.05, 0) is 11.8 Å². The summed E-state index contributed by atoms with van der Waals surface area (Å²) in [7, 11) is 0. The van der Waals surface area contributed by atoms with Crippen LogP contribution in [0, 0.1) is 5.41 Å². The maximum atomic E-state index is 5.70. The van der Waals surface area contributed by atoms with Crippen LogP contribution in [0.5, 0.6) is 0 Å². The highest BCUT2D eigenvalue weighted by atomic mass is 15.1. The van der Waals surface area contributed by atoms with E-state index in [1.165, 1.54) is 0 Å². The third-order valence-corrected chi connectivity index (χ3v) is 3.06. The predicted octanol–water partition coefficient (Wildman–Crippen LogP) is 2.17. The number of H-pyrrole nitrogens is 1. The first kappa shape index (κ1) is 12.6. The highest BCUT2D eigenvalue weighted by Crippen LogP contribution is 2.27. The van der Waals surface area contributed by atoms with Crippen LogP contribution in [0.4, 0.5) is 11.8 Å². The van der Waals surface area contributed by atoms with Gasteiger partial charge in [-0.25, -0.2) is 4.98 Å². The molecule has 0 bridgehead atoms. The molecule has 0 fully saturated rings. The largest absolute Gasteiger partial charge is 0.368 e. The van der Waals surface area contributed by atoms with Crippen molar-refractivity contribution >= 4 is 22.9 Å². The summed E-state index contributed by atoms with van der Waals surface area (Å²) in [6.07, 6.45) is 2.60. The zero-order chi connectivity index (χ0) is 13.3. The molecule has 6 nitrogen and oxygen atoms in total. The molecular formula is C12H20N6. The number of nitrogens with two attached hydrogens (primary N) is 1. The number of hydrogen-bond acceptors (Lipinski definition) is 5. The van der Waals surface area contributed by atoms with Crippen molar-refractivity contribution in [3.8, 4) is 0 Å². The van der Waals surface area contributed by atoms with Gasteiger partial charge in [0, 0.05) is 6.04 Å². The lowest BCUT2D eigenvalue weighted by atomic mass is 9.85. The summed E-state index contributed by atoms with van der Waals surface area (Å²) in [6, 6.07) is 0.298. The third kappa shape index (κ3) is 2.37. The van der Waals surface area contributed by atoms with Crippen LogP contribution >= 0.6 is 0 Å². The van der Waals surface area contributed by atoms with E-state index in [2.05, 4.69) is 52.9 Å². The highest BCUT2D eigenvalue weighted by molar-refractivity contribution is 5.83. The Kier molecular flexibility index (Phi) is 3.11. The van der Waals surface area contributed by atoms with Crippen LogP contribution < -0.4 is 11.1 Å². The number of nitrogens with zero attached hydrogens (tertiary/aromatic N) is 3. The average Bonchev–Trinajstić information content (AvgIpc) is 2.71. The van der Waals surface area contributed by atoms with Gasteiger partial charge in [0.05, 0.1) is 6.33 Å². The molecule has 2 heterocycles. The van der Waals surface area contributed by atoms with Gasteiger partial charge in [0.1, 0.15) is 5.52 Å². The molecule has 0 aliphatic heterocycles. The molecule has 0 radical (unpaired) electrons. The minimum atomic E-state index is 0.136. The van der Waals surface area contributed by atoms with Crippen molar-refractivity contribution in [1.82, 2.24) is 19.9 Å². The van der Waals surface area contributed by atoms with Crippen LogP contribution in [0.25, 0.3) is 11.2 Å². The summed E-state index contributed by atoms with van der Waals surface area (Å²) in [5.41, 5.74) is 7.23. The van der Waals surface area contributed by atoms with E-state index in [4.69, 9.17) is 5.73 Å². The molecule has 18 heavy (non-hydrogen) atoms. The topological polar surface area (TPSA) is 92.5 Å². The van der Waals surface area contributed by atoms with Crippen molar-refractivity contribution in [1.29, 1.82) is 0 Å². The van der Waals surface area contributed by atoms with Crippen LogP contribution in [0.2, 0.25) is 0 Å². The molecule has 0 saturated heterocycles. The molecule has 1 unspecified atom stereocenters. The lowest BCUT2D eigenvalue weighted by Gasteiger charge is -2.31. The van der Waals surface area contributed by atoms with E-state index >= 15 is 0 Å². The van der Waals surface area contributed by atoms with Crippen molar-refractivity contribution in [2.75, 3.05) is 11.1 Å². The molecule has 0 spiro atoms. The van der Waals surface area contributed by atoms with Crippen molar-refractivity contribution < 1.29 is 0 Å². The molecule has 6 heteroatoms.